The van der Waals surface area contributed by atoms with Gasteiger partial charge in [0.25, 0.3) is 0 Å². The fourth-order valence-corrected chi connectivity index (χ4v) is 3.04. The largest absolute Gasteiger partial charge is 0.460 e. The van der Waals surface area contributed by atoms with E-state index >= 15 is 0 Å². The number of nitrogens with one attached hydrogen (secondary N) is 3. The Labute approximate surface area is 244 Å². The molecule has 0 aromatic heterocycles. The zero-order valence-corrected chi connectivity index (χ0v) is 27.0. The van der Waals surface area contributed by atoms with Crippen LogP contribution in [0.2, 0.25) is 0 Å². The predicted molar refractivity (Wildman–Crippen MR) is 154 cm³/mol. The van der Waals surface area contributed by atoms with Crippen molar-refractivity contribution in [2.24, 2.45) is 10.9 Å². The lowest BCUT2D eigenvalue weighted by Gasteiger charge is -2.29. The molecule has 0 spiro atoms. The number of aliphatic imine (C=N–C) groups is 1. The zero-order chi connectivity index (χ0) is 32.4. The lowest BCUT2D eigenvalue weighted by Crippen LogP contribution is -2.47. The second-order valence-electron chi connectivity index (χ2n) is 13.7. The second-order valence-corrected chi connectivity index (χ2v) is 13.7. The summed E-state index contributed by atoms with van der Waals surface area (Å²) in [6.07, 6.45) is -3.24. The van der Waals surface area contributed by atoms with Crippen molar-refractivity contribution in [1.29, 1.82) is 0 Å². The van der Waals surface area contributed by atoms with Gasteiger partial charge < -0.3 is 29.4 Å². The topological polar surface area (TPSA) is 174 Å². The van der Waals surface area contributed by atoms with Crippen molar-refractivity contribution in [1.82, 2.24) is 16.0 Å². The molecule has 0 bridgehead atoms. The quantitative estimate of drug-likeness (QED) is 0.139. The van der Waals surface area contributed by atoms with E-state index in [1.54, 1.807) is 90.0 Å². The number of carbonyl (C=O) groups excluding carboxylic acids is 4. The van der Waals surface area contributed by atoms with Crippen molar-refractivity contribution < 1.29 is 43.2 Å². The van der Waals surface area contributed by atoms with Crippen molar-refractivity contribution >= 4 is 30.2 Å². The number of ether oxygens (including phenoxy) is 4. The van der Waals surface area contributed by atoms with Gasteiger partial charge in [-0.3, -0.25) is 15.4 Å². The van der Waals surface area contributed by atoms with Gasteiger partial charge in [0.2, 0.25) is 5.96 Å². The number of hydrogen-bond acceptors (Lipinski definition) is 10. The Morgan fingerprint density at radius 2 is 1.05 bits per heavy atom. The number of hydrogen-bond donors (Lipinski definition) is 4. The summed E-state index contributed by atoms with van der Waals surface area (Å²) in [5.74, 6) is -1.55. The van der Waals surface area contributed by atoms with Crippen molar-refractivity contribution in [2.75, 3.05) is 6.54 Å². The number of nitrogens with zero attached hydrogens (tertiary/aromatic N) is 1. The maximum Gasteiger partial charge on any atom is 0.414 e. The lowest BCUT2D eigenvalue weighted by molar-refractivity contribution is -0.160. The van der Waals surface area contributed by atoms with Crippen LogP contribution in [0.3, 0.4) is 0 Å². The highest BCUT2D eigenvalue weighted by Gasteiger charge is 2.31. The highest BCUT2D eigenvalue weighted by Crippen LogP contribution is 2.18. The third-order valence-corrected chi connectivity index (χ3v) is 4.59. The minimum absolute atomic E-state index is 0.100. The molecule has 0 aromatic rings. The van der Waals surface area contributed by atoms with Gasteiger partial charge in [0.05, 0.1) is 18.6 Å². The molecule has 3 atom stereocenters. The molecule has 13 heteroatoms. The molecule has 238 valence electrons. The van der Waals surface area contributed by atoms with Gasteiger partial charge in [-0.2, -0.15) is 0 Å². The Morgan fingerprint density at radius 1 is 0.659 bits per heavy atom. The molecule has 0 rings (SSSR count). The minimum atomic E-state index is -1.07. The van der Waals surface area contributed by atoms with Gasteiger partial charge in [-0.25, -0.2) is 19.4 Å². The van der Waals surface area contributed by atoms with Crippen molar-refractivity contribution in [3.63, 3.8) is 0 Å². The van der Waals surface area contributed by atoms with Gasteiger partial charge in [-0.1, -0.05) is 0 Å². The number of amides is 3. The summed E-state index contributed by atoms with van der Waals surface area (Å²) in [6, 6.07) is -0.724. The Balaban J connectivity index is 5.62. The molecular weight excluding hydrogens is 536 g/mol. The van der Waals surface area contributed by atoms with Crippen LogP contribution in [-0.4, -0.2) is 76.4 Å². The molecule has 0 aliphatic carbocycles. The minimum Gasteiger partial charge on any atom is -0.460 e. The summed E-state index contributed by atoms with van der Waals surface area (Å²) in [7, 11) is 0. The number of aliphatic hydroxyl groups excluding tert-OH is 1. The van der Waals surface area contributed by atoms with Crippen LogP contribution in [0.4, 0.5) is 14.4 Å². The maximum atomic E-state index is 12.7. The number of alkyl carbamates (subject to hydrolysis) is 3. The summed E-state index contributed by atoms with van der Waals surface area (Å²) in [6.45, 7) is 21.8. The van der Waals surface area contributed by atoms with Gasteiger partial charge >= 0.3 is 24.2 Å². The number of guanidine groups is 1. The van der Waals surface area contributed by atoms with E-state index in [9.17, 15) is 24.3 Å². The van der Waals surface area contributed by atoms with Gasteiger partial charge in [0.1, 0.15) is 22.4 Å². The van der Waals surface area contributed by atoms with Crippen LogP contribution in [0, 0.1) is 5.92 Å². The molecule has 0 aromatic carbocycles. The van der Waals surface area contributed by atoms with Gasteiger partial charge in [-0.15, -0.1) is 0 Å². The molecule has 0 fully saturated rings. The monoisotopic (exact) mass is 588 g/mol. The molecule has 0 radical (unpaired) electrons. The number of aliphatic hydroxyl groups is 1. The van der Waals surface area contributed by atoms with E-state index in [1.165, 1.54) is 0 Å². The summed E-state index contributed by atoms with van der Waals surface area (Å²) in [4.78, 5) is 53.9. The van der Waals surface area contributed by atoms with E-state index in [-0.39, 0.29) is 25.3 Å². The predicted octanol–water partition coefficient (Wildman–Crippen LogP) is 4.40. The molecule has 2 unspecified atom stereocenters. The highest BCUT2D eigenvalue weighted by molar-refractivity contribution is 6.01. The van der Waals surface area contributed by atoms with Crippen LogP contribution >= 0.6 is 0 Å². The molecule has 0 saturated carbocycles. The first-order chi connectivity index (χ1) is 18.3. The van der Waals surface area contributed by atoms with Crippen LogP contribution in [0.1, 0.15) is 103 Å². The Morgan fingerprint density at radius 3 is 1.44 bits per heavy atom. The number of rotatable bonds is 8. The third kappa shape index (κ3) is 20.4. The zero-order valence-electron chi connectivity index (χ0n) is 27.0. The van der Waals surface area contributed by atoms with Crippen molar-refractivity contribution in [3.05, 3.63) is 0 Å². The molecule has 4 N–H and O–H groups in total. The van der Waals surface area contributed by atoms with Crippen LogP contribution in [0.5, 0.6) is 0 Å². The molecular formula is C28H52N4O9. The van der Waals surface area contributed by atoms with Crippen LogP contribution in [0.15, 0.2) is 4.99 Å². The van der Waals surface area contributed by atoms with Crippen molar-refractivity contribution in [2.45, 2.75) is 137 Å². The fraction of sp³-hybridized carbons (Fsp3) is 0.821. The third-order valence-electron chi connectivity index (χ3n) is 4.59. The molecule has 41 heavy (non-hydrogen) atoms. The molecule has 3 amide bonds. The van der Waals surface area contributed by atoms with Crippen molar-refractivity contribution in [3.8, 4) is 0 Å². The molecule has 13 nitrogen and oxygen atoms in total. The molecule has 0 aliphatic heterocycles. The summed E-state index contributed by atoms with van der Waals surface area (Å²) >= 11 is 0. The number of carbonyl (C=O) groups is 4. The molecule has 0 saturated heterocycles. The van der Waals surface area contributed by atoms with Gasteiger partial charge in [0, 0.05) is 6.04 Å². The number of esters is 1. The molecule has 0 aliphatic rings. The van der Waals surface area contributed by atoms with E-state index in [1.807, 2.05) is 0 Å². The van der Waals surface area contributed by atoms with E-state index in [0.717, 1.165) is 0 Å². The smallest absolute Gasteiger partial charge is 0.414 e. The lowest BCUT2D eigenvalue weighted by atomic mass is 9.95. The second kappa shape index (κ2) is 15.2. The Kier molecular flexibility index (Phi) is 14.1. The van der Waals surface area contributed by atoms with Gasteiger partial charge in [-0.05, 0) is 103 Å². The average Bonchev–Trinajstić information content (AvgIpc) is 2.68. The standard InChI is InChI=1S/C28H52N4O9/c1-17(20(34)38-25(2,3)4)19(30-22(35)39-26(5,6)7)15-14-18(33)16-29-21(31-23(36)40-27(8,9)10)32-24(37)41-28(11,12)13/h17-19,33H,14-16H2,1-13H3,(H,30,35)(H2,29,31,32,36,37)/t17?,18?,19-/m0/s1. The first-order valence-electron chi connectivity index (χ1n) is 13.7. The van der Waals surface area contributed by atoms with Crippen LogP contribution in [0.25, 0.3) is 0 Å². The SMILES string of the molecule is CC(C(=O)OC(C)(C)C)[C@H](CCC(O)CN=C(NC(=O)OC(C)(C)C)NC(=O)OC(C)(C)C)NC(=O)OC(C)(C)C. The van der Waals surface area contributed by atoms with E-state index in [4.69, 9.17) is 18.9 Å². The molecule has 0 heterocycles. The first kappa shape index (κ1) is 37.9. The summed E-state index contributed by atoms with van der Waals surface area (Å²) in [5, 5.41) is 18.0. The van der Waals surface area contributed by atoms with Crippen LogP contribution < -0.4 is 16.0 Å². The van der Waals surface area contributed by atoms with E-state index < -0.39 is 64.7 Å². The summed E-state index contributed by atoms with van der Waals surface area (Å²) in [5.41, 5.74) is -3.09. The fourth-order valence-electron chi connectivity index (χ4n) is 3.04. The normalized spacial score (nSPS) is 14.5. The van der Waals surface area contributed by atoms with Crippen LogP contribution in [-0.2, 0) is 23.7 Å². The van der Waals surface area contributed by atoms with Gasteiger partial charge in [0.15, 0.2) is 0 Å². The highest BCUT2D eigenvalue weighted by atomic mass is 16.6. The average molecular weight is 589 g/mol. The summed E-state index contributed by atoms with van der Waals surface area (Å²) < 4.78 is 21.2. The van der Waals surface area contributed by atoms with E-state index in [0.29, 0.717) is 0 Å². The first-order valence-corrected chi connectivity index (χ1v) is 13.7. The maximum absolute atomic E-state index is 12.7. The van der Waals surface area contributed by atoms with E-state index in [2.05, 4.69) is 20.9 Å². The Hall–Kier alpha value is -3.09. The Bertz CT molecular complexity index is 891.